The van der Waals surface area contributed by atoms with Crippen LogP contribution in [0.5, 0.6) is 0 Å². The molecule has 1 N–H and O–H groups in total. The molecule has 3 aromatic rings. The number of hydrogen-bond acceptors (Lipinski definition) is 3. The summed E-state index contributed by atoms with van der Waals surface area (Å²) < 4.78 is 2.23. The van der Waals surface area contributed by atoms with Crippen molar-refractivity contribution in [1.82, 2.24) is 14.5 Å². The summed E-state index contributed by atoms with van der Waals surface area (Å²) in [5.41, 5.74) is 5.75. The second-order valence-electron chi connectivity index (χ2n) is 5.48. The van der Waals surface area contributed by atoms with Gasteiger partial charge in [-0.15, -0.1) is 0 Å². The van der Waals surface area contributed by atoms with Crippen LogP contribution in [0, 0.1) is 0 Å². The lowest BCUT2D eigenvalue weighted by atomic mass is 10.1. The van der Waals surface area contributed by atoms with E-state index in [1.54, 1.807) is 0 Å². The highest BCUT2D eigenvalue weighted by Gasteiger charge is 2.16. The van der Waals surface area contributed by atoms with Crippen molar-refractivity contribution < 1.29 is 0 Å². The smallest absolute Gasteiger partial charge is 0.160 e. The van der Waals surface area contributed by atoms with Gasteiger partial charge in [-0.05, 0) is 36.6 Å². The van der Waals surface area contributed by atoms with Gasteiger partial charge in [0.05, 0.1) is 0 Å². The molecule has 3 heterocycles. The fraction of sp³-hybridized carbons (Fsp3) is 0.294. The van der Waals surface area contributed by atoms with Crippen molar-refractivity contribution in [2.75, 3.05) is 11.9 Å². The lowest BCUT2D eigenvalue weighted by Crippen LogP contribution is -2.01. The Labute approximate surface area is 123 Å². The van der Waals surface area contributed by atoms with Crippen LogP contribution in [0.2, 0.25) is 0 Å². The van der Waals surface area contributed by atoms with Crippen LogP contribution < -0.4 is 5.32 Å². The Morgan fingerprint density at radius 2 is 2.24 bits per heavy atom. The highest BCUT2D eigenvalue weighted by molar-refractivity contribution is 5.78. The number of imidazole rings is 1. The predicted molar refractivity (Wildman–Crippen MR) is 85.4 cm³/mol. The number of nitrogens with zero attached hydrogens (tertiary/aromatic N) is 3. The van der Waals surface area contributed by atoms with Gasteiger partial charge in [0.1, 0.15) is 11.3 Å². The van der Waals surface area contributed by atoms with Crippen LogP contribution in [-0.4, -0.2) is 21.1 Å². The van der Waals surface area contributed by atoms with E-state index in [4.69, 9.17) is 4.98 Å². The Bertz CT molecular complexity index is 804. The largest absolute Gasteiger partial charge is 0.384 e. The maximum atomic E-state index is 4.80. The topological polar surface area (TPSA) is 42.7 Å². The fourth-order valence-electron chi connectivity index (χ4n) is 3.04. The minimum Gasteiger partial charge on any atom is -0.384 e. The summed E-state index contributed by atoms with van der Waals surface area (Å²) in [6.07, 6.45) is 4.02. The van der Waals surface area contributed by atoms with Gasteiger partial charge in [0.25, 0.3) is 0 Å². The van der Waals surface area contributed by atoms with Gasteiger partial charge in [-0.25, -0.2) is 9.97 Å². The highest BCUT2D eigenvalue weighted by atomic mass is 15.1. The van der Waals surface area contributed by atoms with Gasteiger partial charge < -0.3 is 9.88 Å². The molecule has 1 aromatic carbocycles. The van der Waals surface area contributed by atoms with E-state index in [0.29, 0.717) is 0 Å². The van der Waals surface area contributed by atoms with Gasteiger partial charge in [0, 0.05) is 30.5 Å². The van der Waals surface area contributed by atoms with Gasteiger partial charge in [0.2, 0.25) is 0 Å². The van der Waals surface area contributed by atoms with E-state index >= 15 is 0 Å². The molecule has 4 rings (SSSR count). The Kier molecular flexibility index (Phi) is 2.88. The molecule has 1 aliphatic heterocycles. The Morgan fingerprint density at radius 1 is 1.29 bits per heavy atom. The summed E-state index contributed by atoms with van der Waals surface area (Å²) in [4.78, 5) is 9.30. The van der Waals surface area contributed by atoms with Crippen LogP contribution in [-0.2, 0) is 13.0 Å². The normalized spacial score (nSPS) is 13.4. The third-order valence-electron chi connectivity index (χ3n) is 4.03. The average Bonchev–Trinajstić information content (AvgIpc) is 3.11. The van der Waals surface area contributed by atoms with Crippen molar-refractivity contribution in [3.8, 4) is 11.4 Å². The molecule has 0 radical (unpaired) electrons. The lowest BCUT2D eigenvalue weighted by Gasteiger charge is -2.08. The first-order valence-electron chi connectivity index (χ1n) is 7.55. The molecule has 0 atom stereocenters. The molecule has 0 spiro atoms. The van der Waals surface area contributed by atoms with E-state index in [9.17, 15) is 0 Å². The SMILES string of the molecule is CCCn1c(-c2ccc3c(c2)NCC3)nc2cccnc21. The molecule has 0 bridgehead atoms. The predicted octanol–water partition coefficient (Wildman–Crippen LogP) is 3.48. The maximum Gasteiger partial charge on any atom is 0.160 e. The minimum atomic E-state index is 0.938. The number of pyridine rings is 1. The van der Waals surface area contributed by atoms with Crippen molar-refractivity contribution in [1.29, 1.82) is 0 Å². The summed E-state index contributed by atoms with van der Waals surface area (Å²) in [5, 5.41) is 3.44. The minimum absolute atomic E-state index is 0.938. The van der Waals surface area contributed by atoms with Crippen LogP contribution in [0.3, 0.4) is 0 Å². The number of anilines is 1. The van der Waals surface area contributed by atoms with E-state index in [1.165, 1.54) is 11.3 Å². The number of nitrogens with one attached hydrogen (secondary N) is 1. The summed E-state index contributed by atoms with van der Waals surface area (Å²) in [5.74, 6) is 1.02. The Balaban J connectivity index is 1.91. The summed E-state index contributed by atoms with van der Waals surface area (Å²) >= 11 is 0. The molecule has 2 aromatic heterocycles. The molecule has 0 aliphatic carbocycles. The van der Waals surface area contributed by atoms with Gasteiger partial charge in [0.15, 0.2) is 5.65 Å². The first-order valence-corrected chi connectivity index (χ1v) is 7.55. The first-order chi connectivity index (χ1) is 10.4. The molecule has 0 fully saturated rings. The van der Waals surface area contributed by atoms with E-state index in [2.05, 4.69) is 40.0 Å². The second kappa shape index (κ2) is 4.88. The summed E-state index contributed by atoms with van der Waals surface area (Å²) in [7, 11) is 0. The van der Waals surface area contributed by atoms with E-state index < -0.39 is 0 Å². The quantitative estimate of drug-likeness (QED) is 0.797. The second-order valence-corrected chi connectivity index (χ2v) is 5.48. The van der Waals surface area contributed by atoms with Crippen LogP contribution in [0.4, 0.5) is 5.69 Å². The van der Waals surface area contributed by atoms with Crippen molar-refractivity contribution in [3.63, 3.8) is 0 Å². The Morgan fingerprint density at radius 3 is 3.14 bits per heavy atom. The number of fused-ring (bicyclic) bond motifs is 2. The van der Waals surface area contributed by atoms with Crippen molar-refractivity contribution in [2.24, 2.45) is 0 Å². The maximum absolute atomic E-state index is 4.80. The highest BCUT2D eigenvalue weighted by Crippen LogP contribution is 2.30. The number of aromatic nitrogens is 3. The fourth-order valence-corrected chi connectivity index (χ4v) is 3.04. The molecular weight excluding hydrogens is 260 g/mol. The molecule has 1 aliphatic rings. The number of aryl methyl sites for hydroxylation is 1. The van der Waals surface area contributed by atoms with Crippen LogP contribution in [0.1, 0.15) is 18.9 Å². The number of hydrogen-bond donors (Lipinski definition) is 1. The molecule has 0 saturated carbocycles. The molecule has 4 heteroatoms. The third-order valence-corrected chi connectivity index (χ3v) is 4.03. The van der Waals surface area contributed by atoms with Gasteiger partial charge >= 0.3 is 0 Å². The molecule has 4 nitrogen and oxygen atoms in total. The zero-order chi connectivity index (χ0) is 14.2. The van der Waals surface area contributed by atoms with Crippen molar-refractivity contribution in [2.45, 2.75) is 26.3 Å². The molecule has 21 heavy (non-hydrogen) atoms. The van der Waals surface area contributed by atoms with Crippen LogP contribution in [0.25, 0.3) is 22.6 Å². The third kappa shape index (κ3) is 1.98. The summed E-state index contributed by atoms with van der Waals surface area (Å²) in [6, 6.07) is 10.6. The van der Waals surface area contributed by atoms with E-state index in [0.717, 1.165) is 48.5 Å². The lowest BCUT2D eigenvalue weighted by molar-refractivity contribution is 0.698. The standard InChI is InChI=1S/C17H18N4/c1-2-10-21-16(20-14-4-3-8-19-17(14)21)13-6-5-12-7-9-18-15(12)11-13/h3-6,8,11,18H,2,7,9-10H2,1H3. The van der Waals surface area contributed by atoms with E-state index in [-0.39, 0.29) is 0 Å². The average molecular weight is 278 g/mol. The molecule has 106 valence electrons. The molecule has 0 unspecified atom stereocenters. The summed E-state index contributed by atoms with van der Waals surface area (Å²) in [6.45, 7) is 4.15. The molecule has 0 amide bonds. The monoisotopic (exact) mass is 278 g/mol. The zero-order valence-corrected chi connectivity index (χ0v) is 12.1. The number of benzene rings is 1. The van der Waals surface area contributed by atoms with Gasteiger partial charge in [-0.3, -0.25) is 0 Å². The van der Waals surface area contributed by atoms with Crippen LogP contribution >= 0.6 is 0 Å². The van der Waals surface area contributed by atoms with E-state index in [1.807, 2.05) is 18.3 Å². The number of rotatable bonds is 3. The van der Waals surface area contributed by atoms with Gasteiger partial charge in [-0.2, -0.15) is 0 Å². The first kappa shape index (κ1) is 12.4. The zero-order valence-electron chi connectivity index (χ0n) is 12.1. The van der Waals surface area contributed by atoms with Crippen LogP contribution in [0.15, 0.2) is 36.5 Å². The van der Waals surface area contributed by atoms with Crippen molar-refractivity contribution >= 4 is 16.9 Å². The molecular formula is C17H18N4. The van der Waals surface area contributed by atoms with Gasteiger partial charge in [-0.1, -0.05) is 19.1 Å². The van der Waals surface area contributed by atoms with Crippen molar-refractivity contribution in [3.05, 3.63) is 42.1 Å². The Hall–Kier alpha value is -2.36. The molecule has 0 saturated heterocycles.